The molecule has 2 N–H and O–H groups in total. The van der Waals surface area contributed by atoms with Crippen molar-refractivity contribution in [1.82, 2.24) is 5.32 Å². The smallest absolute Gasteiger partial charge is 0.329 e. The van der Waals surface area contributed by atoms with E-state index in [0.29, 0.717) is 19.3 Å². The van der Waals surface area contributed by atoms with E-state index in [1.165, 1.54) is 25.7 Å². The molecule has 0 aromatic rings. The average Bonchev–Trinajstić information content (AvgIpc) is 2.28. The van der Waals surface area contributed by atoms with Gasteiger partial charge in [-0.15, -0.1) is 0 Å². The third-order valence-electron chi connectivity index (χ3n) is 3.75. The first-order valence-corrected chi connectivity index (χ1v) is 7.15. The molecule has 0 aromatic carbocycles. The Morgan fingerprint density at radius 1 is 1.11 bits per heavy atom. The van der Waals surface area contributed by atoms with Crippen LogP contribution in [-0.2, 0) is 9.59 Å². The van der Waals surface area contributed by atoms with Crippen LogP contribution in [0.4, 0.5) is 0 Å². The lowest BCUT2D eigenvalue weighted by Crippen LogP contribution is -2.59. The molecule has 0 aromatic heterocycles. The van der Waals surface area contributed by atoms with Gasteiger partial charge in [-0.1, -0.05) is 39.0 Å². The van der Waals surface area contributed by atoms with Gasteiger partial charge in [0.15, 0.2) is 0 Å². The Morgan fingerprint density at radius 2 is 1.72 bits per heavy atom. The quantitative estimate of drug-likeness (QED) is 0.623. The summed E-state index contributed by atoms with van der Waals surface area (Å²) in [7, 11) is 0. The van der Waals surface area contributed by atoms with Gasteiger partial charge >= 0.3 is 5.97 Å². The van der Waals surface area contributed by atoms with Gasteiger partial charge in [0.1, 0.15) is 5.54 Å². The number of carbonyl (C=O) groups is 2. The van der Waals surface area contributed by atoms with Crippen molar-refractivity contribution in [2.75, 3.05) is 0 Å². The summed E-state index contributed by atoms with van der Waals surface area (Å²) in [5.41, 5.74) is -0.945. The first-order chi connectivity index (χ1) is 8.60. The molecule has 1 aliphatic carbocycles. The van der Waals surface area contributed by atoms with Gasteiger partial charge in [0.2, 0.25) is 5.91 Å². The largest absolute Gasteiger partial charge is 0.480 e. The molecule has 4 nitrogen and oxygen atoms in total. The molecular weight excluding hydrogens is 230 g/mol. The maximum absolute atomic E-state index is 11.7. The van der Waals surface area contributed by atoms with Crippen molar-refractivity contribution in [2.24, 2.45) is 0 Å². The molecule has 0 unspecified atom stereocenters. The summed E-state index contributed by atoms with van der Waals surface area (Å²) in [4.78, 5) is 22.7. The van der Waals surface area contributed by atoms with Crippen LogP contribution in [0.25, 0.3) is 0 Å². The van der Waals surface area contributed by atoms with Crippen molar-refractivity contribution >= 4 is 11.9 Å². The third kappa shape index (κ3) is 4.31. The van der Waals surface area contributed by atoms with Crippen molar-refractivity contribution in [1.29, 1.82) is 0 Å². The molecule has 0 saturated heterocycles. The highest BCUT2D eigenvalue weighted by Gasteiger charge is 2.45. The minimum atomic E-state index is -0.945. The van der Waals surface area contributed by atoms with E-state index < -0.39 is 11.5 Å². The van der Waals surface area contributed by atoms with E-state index >= 15 is 0 Å². The number of carbonyl (C=O) groups excluding carboxylic acids is 1. The second-order valence-electron chi connectivity index (χ2n) is 5.31. The predicted molar refractivity (Wildman–Crippen MR) is 70.4 cm³/mol. The molecule has 0 spiro atoms. The molecule has 18 heavy (non-hydrogen) atoms. The number of rotatable bonds is 9. The average molecular weight is 255 g/mol. The zero-order valence-corrected chi connectivity index (χ0v) is 11.3. The van der Waals surface area contributed by atoms with Crippen molar-refractivity contribution in [2.45, 2.75) is 76.7 Å². The highest BCUT2D eigenvalue weighted by Crippen LogP contribution is 2.32. The molecule has 0 atom stereocenters. The number of unbranched alkanes of at least 4 members (excludes halogenated alkanes) is 5. The number of hydrogen-bond donors (Lipinski definition) is 2. The molecule has 1 saturated carbocycles. The minimum absolute atomic E-state index is 0.104. The van der Waals surface area contributed by atoms with Crippen LogP contribution in [0, 0.1) is 0 Å². The van der Waals surface area contributed by atoms with Gasteiger partial charge < -0.3 is 10.4 Å². The van der Waals surface area contributed by atoms with Crippen LogP contribution >= 0.6 is 0 Å². The van der Waals surface area contributed by atoms with Crippen molar-refractivity contribution < 1.29 is 14.7 Å². The molecule has 0 radical (unpaired) electrons. The summed E-state index contributed by atoms with van der Waals surface area (Å²) in [5.74, 6) is -0.988. The third-order valence-corrected chi connectivity index (χ3v) is 3.75. The first kappa shape index (κ1) is 15.0. The maximum Gasteiger partial charge on any atom is 0.329 e. The number of carboxylic acids is 1. The fraction of sp³-hybridized carbons (Fsp3) is 0.857. The van der Waals surface area contributed by atoms with Gasteiger partial charge in [0.05, 0.1) is 0 Å². The molecule has 4 heteroatoms. The van der Waals surface area contributed by atoms with Gasteiger partial charge in [-0.05, 0) is 25.7 Å². The lowest BCUT2D eigenvalue weighted by Gasteiger charge is -2.38. The summed E-state index contributed by atoms with van der Waals surface area (Å²) in [6, 6.07) is 0. The van der Waals surface area contributed by atoms with Crippen LogP contribution in [0.1, 0.15) is 71.1 Å². The Kier molecular flexibility index (Phi) is 6.16. The molecular formula is C14H25NO3. The van der Waals surface area contributed by atoms with E-state index in [9.17, 15) is 9.59 Å². The minimum Gasteiger partial charge on any atom is -0.480 e. The Hall–Kier alpha value is -1.06. The highest BCUT2D eigenvalue weighted by atomic mass is 16.4. The summed E-state index contributed by atoms with van der Waals surface area (Å²) < 4.78 is 0. The van der Waals surface area contributed by atoms with Gasteiger partial charge in [0.25, 0.3) is 0 Å². The Balaban J connectivity index is 2.12. The second kappa shape index (κ2) is 7.39. The van der Waals surface area contributed by atoms with E-state index in [1.54, 1.807) is 0 Å². The zero-order valence-electron chi connectivity index (χ0n) is 11.3. The molecule has 1 aliphatic rings. The van der Waals surface area contributed by atoms with Gasteiger partial charge in [-0.25, -0.2) is 4.79 Å². The molecule has 0 bridgehead atoms. The predicted octanol–water partition coefficient (Wildman–Crippen LogP) is 2.86. The van der Waals surface area contributed by atoms with Gasteiger partial charge in [-0.3, -0.25) is 4.79 Å². The van der Waals surface area contributed by atoms with Crippen LogP contribution in [0.3, 0.4) is 0 Å². The van der Waals surface area contributed by atoms with Gasteiger partial charge in [-0.2, -0.15) is 0 Å². The van der Waals surface area contributed by atoms with Crippen LogP contribution in [0.2, 0.25) is 0 Å². The van der Waals surface area contributed by atoms with Crippen LogP contribution in [0.15, 0.2) is 0 Å². The van der Waals surface area contributed by atoms with E-state index in [1.807, 2.05) is 0 Å². The Morgan fingerprint density at radius 3 is 2.22 bits per heavy atom. The normalized spacial score (nSPS) is 16.9. The molecule has 0 aliphatic heterocycles. The van der Waals surface area contributed by atoms with Crippen molar-refractivity contribution in [3.05, 3.63) is 0 Å². The summed E-state index contributed by atoms with van der Waals surface area (Å²) in [6.07, 6.45) is 9.32. The van der Waals surface area contributed by atoms with Crippen LogP contribution < -0.4 is 5.32 Å². The second-order valence-corrected chi connectivity index (χ2v) is 5.31. The fourth-order valence-corrected chi connectivity index (χ4v) is 2.32. The molecule has 104 valence electrons. The van der Waals surface area contributed by atoms with E-state index in [-0.39, 0.29) is 5.91 Å². The molecule has 1 fully saturated rings. The van der Waals surface area contributed by atoms with E-state index in [4.69, 9.17) is 5.11 Å². The zero-order chi connectivity index (χ0) is 13.4. The number of aliphatic carboxylic acids is 1. The monoisotopic (exact) mass is 255 g/mol. The summed E-state index contributed by atoms with van der Waals surface area (Å²) in [6.45, 7) is 2.18. The van der Waals surface area contributed by atoms with Crippen LogP contribution in [-0.4, -0.2) is 22.5 Å². The van der Waals surface area contributed by atoms with E-state index in [2.05, 4.69) is 12.2 Å². The summed E-state index contributed by atoms with van der Waals surface area (Å²) >= 11 is 0. The van der Waals surface area contributed by atoms with Crippen molar-refractivity contribution in [3.63, 3.8) is 0 Å². The number of carboxylic acid groups (broad SMARTS) is 1. The molecule has 1 rings (SSSR count). The van der Waals surface area contributed by atoms with E-state index in [0.717, 1.165) is 19.3 Å². The topological polar surface area (TPSA) is 66.4 Å². The number of nitrogens with one attached hydrogen (secondary N) is 1. The maximum atomic E-state index is 11.7. The SMILES string of the molecule is CCCCCCCCC(=O)NC1(C(=O)O)CCC1. The highest BCUT2D eigenvalue weighted by molar-refractivity contribution is 5.87. The van der Waals surface area contributed by atoms with Crippen molar-refractivity contribution in [3.8, 4) is 0 Å². The molecule has 0 heterocycles. The Labute approximate surface area is 109 Å². The molecule has 1 amide bonds. The summed E-state index contributed by atoms with van der Waals surface area (Å²) in [5, 5.41) is 11.8. The lowest BCUT2D eigenvalue weighted by atomic mass is 9.76. The lowest BCUT2D eigenvalue weighted by molar-refractivity contribution is -0.151. The first-order valence-electron chi connectivity index (χ1n) is 7.15. The standard InChI is InChI=1S/C14H25NO3/c1-2-3-4-5-6-7-9-12(16)15-14(13(17)18)10-8-11-14/h2-11H2,1H3,(H,15,16)(H,17,18). The number of hydrogen-bond acceptors (Lipinski definition) is 2. The fourth-order valence-electron chi connectivity index (χ4n) is 2.32. The number of amides is 1. The Bertz CT molecular complexity index is 285. The van der Waals surface area contributed by atoms with Crippen LogP contribution in [0.5, 0.6) is 0 Å². The van der Waals surface area contributed by atoms with Gasteiger partial charge in [0, 0.05) is 6.42 Å².